The van der Waals surface area contributed by atoms with Crippen LogP contribution in [-0.2, 0) is 23.6 Å². The number of aromatic nitrogens is 3. The van der Waals surface area contributed by atoms with Crippen LogP contribution in [0.2, 0.25) is 0 Å². The van der Waals surface area contributed by atoms with Crippen molar-refractivity contribution in [2.45, 2.75) is 18.5 Å². The van der Waals surface area contributed by atoms with Crippen LogP contribution in [0, 0.1) is 6.92 Å². The molecular formula is C11H15N5O2S. The smallest absolute Gasteiger partial charge is 0.260 e. The van der Waals surface area contributed by atoms with Crippen molar-refractivity contribution in [1.29, 1.82) is 0 Å². The molecule has 0 radical (unpaired) electrons. The molecule has 0 spiro atoms. The van der Waals surface area contributed by atoms with Gasteiger partial charge in [0.05, 0.1) is 18.6 Å². The van der Waals surface area contributed by atoms with Gasteiger partial charge in [0, 0.05) is 12.7 Å². The minimum Gasteiger partial charge on any atom is -0.381 e. The quantitative estimate of drug-likeness (QED) is 0.832. The minimum absolute atomic E-state index is 0.0211. The van der Waals surface area contributed by atoms with E-state index in [9.17, 15) is 8.42 Å². The zero-order chi connectivity index (χ0) is 14.0. The van der Waals surface area contributed by atoms with Gasteiger partial charge in [-0.25, -0.2) is 18.1 Å². The third-order valence-electron chi connectivity index (χ3n) is 2.55. The summed E-state index contributed by atoms with van der Waals surface area (Å²) in [5.41, 5.74) is 7.03. The van der Waals surface area contributed by atoms with Gasteiger partial charge in [-0.1, -0.05) is 6.07 Å². The topological polar surface area (TPSA) is 103 Å². The zero-order valence-corrected chi connectivity index (χ0v) is 11.5. The number of rotatable bonds is 4. The van der Waals surface area contributed by atoms with Crippen LogP contribution in [0.1, 0.15) is 11.4 Å². The first-order valence-electron chi connectivity index (χ1n) is 5.59. The van der Waals surface area contributed by atoms with E-state index in [1.54, 1.807) is 13.1 Å². The van der Waals surface area contributed by atoms with Crippen LogP contribution in [0.4, 0.5) is 5.82 Å². The second kappa shape index (κ2) is 4.98. The second-order valence-electron chi connectivity index (χ2n) is 4.14. The lowest BCUT2D eigenvalue weighted by Crippen LogP contribution is -2.26. The van der Waals surface area contributed by atoms with E-state index >= 15 is 0 Å². The molecule has 0 unspecified atom stereocenters. The van der Waals surface area contributed by atoms with Crippen LogP contribution >= 0.6 is 0 Å². The Hall–Kier alpha value is -1.93. The summed E-state index contributed by atoms with van der Waals surface area (Å²) in [4.78, 5) is 7.98. The summed E-state index contributed by atoms with van der Waals surface area (Å²) in [7, 11) is -2.13. The van der Waals surface area contributed by atoms with Crippen molar-refractivity contribution in [2.75, 3.05) is 5.73 Å². The maximum Gasteiger partial charge on any atom is 0.260 e. The molecule has 0 bridgehead atoms. The monoisotopic (exact) mass is 281 g/mol. The standard InChI is InChI=1S/C11H15N5O2S/c1-8-4-3-5-9(15-8)6-14-19(17,18)11-10(12)13-7-16(11)2/h3-5,7,14H,6,12H2,1-2H3. The molecule has 19 heavy (non-hydrogen) atoms. The fourth-order valence-corrected chi connectivity index (χ4v) is 2.93. The number of nitrogen functional groups attached to an aromatic ring is 1. The molecule has 0 saturated carbocycles. The van der Waals surface area contributed by atoms with Gasteiger partial charge in [0.15, 0.2) is 10.8 Å². The van der Waals surface area contributed by atoms with E-state index in [0.29, 0.717) is 5.69 Å². The summed E-state index contributed by atoms with van der Waals surface area (Å²) in [6.07, 6.45) is 1.36. The Morgan fingerprint density at radius 3 is 2.74 bits per heavy atom. The highest BCUT2D eigenvalue weighted by atomic mass is 32.2. The molecule has 8 heteroatoms. The molecule has 0 aliphatic carbocycles. The molecule has 2 aromatic heterocycles. The van der Waals surface area contributed by atoms with Crippen molar-refractivity contribution in [3.63, 3.8) is 0 Å². The molecule has 0 saturated heterocycles. The second-order valence-corrected chi connectivity index (χ2v) is 5.82. The zero-order valence-electron chi connectivity index (χ0n) is 10.7. The summed E-state index contributed by atoms with van der Waals surface area (Å²) in [5.74, 6) is -0.0211. The van der Waals surface area contributed by atoms with Gasteiger partial charge in [-0.05, 0) is 19.1 Å². The van der Waals surface area contributed by atoms with E-state index in [1.165, 1.54) is 10.9 Å². The lowest BCUT2D eigenvalue weighted by atomic mass is 10.3. The first kappa shape index (κ1) is 13.5. The molecule has 0 atom stereocenters. The lowest BCUT2D eigenvalue weighted by molar-refractivity contribution is 0.570. The number of hydrogen-bond donors (Lipinski definition) is 2. The highest BCUT2D eigenvalue weighted by molar-refractivity contribution is 7.89. The molecule has 0 aliphatic heterocycles. The van der Waals surface area contributed by atoms with E-state index in [4.69, 9.17) is 5.73 Å². The highest BCUT2D eigenvalue weighted by Gasteiger charge is 2.22. The molecule has 2 aromatic rings. The molecule has 2 heterocycles. The minimum atomic E-state index is -3.70. The van der Waals surface area contributed by atoms with E-state index in [1.807, 2.05) is 19.1 Å². The molecule has 102 valence electrons. The maximum absolute atomic E-state index is 12.1. The molecule has 7 nitrogen and oxygen atoms in total. The van der Waals surface area contributed by atoms with Crippen molar-refractivity contribution >= 4 is 15.8 Å². The lowest BCUT2D eigenvalue weighted by Gasteiger charge is -2.07. The van der Waals surface area contributed by atoms with Crippen LogP contribution in [0.25, 0.3) is 0 Å². The number of sulfonamides is 1. The number of nitrogens with two attached hydrogens (primary N) is 1. The number of nitrogens with zero attached hydrogens (tertiary/aromatic N) is 3. The van der Waals surface area contributed by atoms with Crippen LogP contribution in [0.3, 0.4) is 0 Å². The summed E-state index contributed by atoms with van der Waals surface area (Å²) in [6.45, 7) is 1.95. The number of aryl methyl sites for hydroxylation is 2. The Morgan fingerprint density at radius 2 is 2.16 bits per heavy atom. The van der Waals surface area contributed by atoms with E-state index < -0.39 is 10.0 Å². The molecule has 3 N–H and O–H groups in total. The predicted molar refractivity (Wildman–Crippen MR) is 70.6 cm³/mol. The van der Waals surface area contributed by atoms with E-state index in [0.717, 1.165) is 5.69 Å². The third-order valence-corrected chi connectivity index (χ3v) is 4.08. The SMILES string of the molecule is Cc1cccc(CNS(=O)(=O)c2c(N)ncn2C)n1. The number of nitrogens with one attached hydrogen (secondary N) is 1. The van der Waals surface area contributed by atoms with Crippen molar-refractivity contribution in [2.24, 2.45) is 7.05 Å². The fraction of sp³-hybridized carbons (Fsp3) is 0.273. The normalized spacial score (nSPS) is 11.7. The van der Waals surface area contributed by atoms with Crippen molar-refractivity contribution in [3.8, 4) is 0 Å². The largest absolute Gasteiger partial charge is 0.381 e. The van der Waals surface area contributed by atoms with Crippen LogP contribution in [0.15, 0.2) is 29.6 Å². The predicted octanol–water partition coefficient (Wildman–Crippen LogP) is 0.184. The summed E-state index contributed by atoms with van der Waals surface area (Å²) >= 11 is 0. The Balaban J connectivity index is 2.19. The third kappa shape index (κ3) is 2.91. The highest BCUT2D eigenvalue weighted by Crippen LogP contribution is 2.15. The maximum atomic E-state index is 12.1. The summed E-state index contributed by atoms with van der Waals surface area (Å²) in [6, 6.07) is 5.42. The van der Waals surface area contributed by atoms with Gasteiger partial charge >= 0.3 is 0 Å². The molecule has 0 amide bonds. The van der Waals surface area contributed by atoms with Crippen LogP contribution in [0.5, 0.6) is 0 Å². The number of imidazole rings is 1. The molecule has 2 rings (SSSR count). The first-order valence-corrected chi connectivity index (χ1v) is 7.07. The van der Waals surface area contributed by atoms with Gasteiger partial charge in [0.25, 0.3) is 10.0 Å². The van der Waals surface area contributed by atoms with Gasteiger partial charge in [-0.15, -0.1) is 0 Å². The van der Waals surface area contributed by atoms with Gasteiger partial charge < -0.3 is 10.3 Å². The average molecular weight is 281 g/mol. The van der Waals surface area contributed by atoms with E-state index in [-0.39, 0.29) is 17.4 Å². The molecule has 0 aliphatic rings. The Labute approximate surface area is 111 Å². The van der Waals surface area contributed by atoms with Gasteiger partial charge in [0.2, 0.25) is 0 Å². The first-order chi connectivity index (χ1) is 8.90. The van der Waals surface area contributed by atoms with Gasteiger partial charge in [0.1, 0.15) is 0 Å². The van der Waals surface area contributed by atoms with E-state index in [2.05, 4.69) is 14.7 Å². The molecular weight excluding hydrogens is 266 g/mol. The van der Waals surface area contributed by atoms with Crippen molar-refractivity contribution in [1.82, 2.24) is 19.3 Å². The number of anilines is 1. The van der Waals surface area contributed by atoms with Gasteiger partial charge in [-0.2, -0.15) is 0 Å². The summed E-state index contributed by atoms with van der Waals surface area (Å²) < 4.78 is 28.0. The summed E-state index contributed by atoms with van der Waals surface area (Å²) in [5, 5.41) is -0.0415. The van der Waals surface area contributed by atoms with Crippen molar-refractivity contribution < 1.29 is 8.42 Å². The van der Waals surface area contributed by atoms with Gasteiger partial charge in [-0.3, -0.25) is 4.98 Å². The number of hydrogen-bond acceptors (Lipinski definition) is 5. The van der Waals surface area contributed by atoms with Crippen LogP contribution in [-0.4, -0.2) is 23.0 Å². The van der Waals surface area contributed by atoms with Crippen LogP contribution < -0.4 is 10.5 Å². The Morgan fingerprint density at radius 1 is 1.42 bits per heavy atom. The Kier molecular flexibility index (Phi) is 3.54. The Bertz CT molecular complexity index is 673. The van der Waals surface area contributed by atoms with Crippen molar-refractivity contribution in [3.05, 3.63) is 35.9 Å². The fourth-order valence-electron chi connectivity index (χ4n) is 1.70. The average Bonchev–Trinajstić information content (AvgIpc) is 2.67. The molecule has 0 aromatic carbocycles. The number of pyridine rings is 1. The molecule has 0 fully saturated rings.